The van der Waals surface area contributed by atoms with Gasteiger partial charge in [-0.3, -0.25) is 0 Å². The monoisotopic (exact) mass is 168 g/mol. The standard InChI is InChI=1S/C6H5.Co.2H2N/c1-2-4-6-5-3-1;;;/h1-5H;;2*1H2/q-1;+3;2*-1. The third kappa shape index (κ3) is 7.65. The first-order chi connectivity index (χ1) is 3.00. The molecular formula is C6H9CoN2. The Morgan fingerprint density at radius 2 is 1.22 bits per heavy atom. The molecule has 0 aromatic heterocycles. The SMILES string of the molecule is [Co+3].[NH2-].[NH2-].[c-]1ccccc1. The summed E-state index contributed by atoms with van der Waals surface area (Å²) in [6.07, 6.45) is 0. The van der Waals surface area contributed by atoms with Crippen molar-refractivity contribution in [1.82, 2.24) is 0 Å². The van der Waals surface area contributed by atoms with Crippen LogP contribution >= 0.6 is 0 Å². The summed E-state index contributed by atoms with van der Waals surface area (Å²) in [5, 5.41) is 0. The summed E-state index contributed by atoms with van der Waals surface area (Å²) in [5.41, 5.74) is 0. The molecule has 0 unspecified atom stereocenters. The van der Waals surface area contributed by atoms with E-state index in [0.717, 1.165) is 0 Å². The predicted molar refractivity (Wildman–Crippen MR) is 35.8 cm³/mol. The molecular weight excluding hydrogens is 159 g/mol. The van der Waals surface area contributed by atoms with Crippen LogP contribution in [0.4, 0.5) is 0 Å². The average molecular weight is 168 g/mol. The molecule has 0 fully saturated rings. The van der Waals surface area contributed by atoms with Crippen molar-refractivity contribution in [3.05, 3.63) is 48.7 Å². The van der Waals surface area contributed by atoms with Gasteiger partial charge in [-0.2, -0.15) is 36.4 Å². The van der Waals surface area contributed by atoms with Gasteiger partial charge in [0, 0.05) is 0 Å². The number of hydrogen-bond donors (Lipinski definition) is 0. The topological polar surface area (TPSA) is 67.0 Å². The Balaban J connectivity index is -0.000000120. The Labute approximate surface area is 66.0 Å². The maximum atomic E-state index is 2.89. The average Bonchev–Trinajstić information content (AvgIpc) is 1.72. The zero-order chi connectivity index (χ0) is 4.24. The molecule has 3 heteroatoms. The minimum atomic E-state index is 0. The molecule has 1 rings (SSSR count). The Bertz CT molecular complexity index is 83.0. The summed E-state index contributed by atoms with van der Waals surface area (Å²) in [7, 11) is 0. The molecule has 0 amide bonds. The maximum Gasteiger partial charge on any atom is 3.00 e. The van der Waals surface area contributed by atoms with E-state index < -0.39 is 0 Å². The van der Waals surface area contributed by atoms with Crippen molar-refractivity contribution in [2.45, 2.75) is 0 Å². The molecule has 0 spiro atoms. The molecule has 0 saturated heterocycles. The number of rotatable bonds is 0. The Hall–Kier alpha value is -0.354. The smallest absolute Gasteiger partial charge is 0.693 e. The van der Waals surface area contributed by atoms with Crippen LogP contribution in [0.3, 0.4) is 0 Å². The van der Waals surface area contributed by atoms with E-state index in [1.807, 2.05) is 30.3 Å². The van der Waals surface area contributed by atoms with E-state index in [1.54, 1.807) is 0 Å². The van der Waals surface area contributed by atoms with Crippen molar-refractivity contribution in [1.29, 1.82) is 0 Å². The third-order valence-corrected chi connectivity index (χ3v) is 0.607. The molecule has 0 aliphatic carbocycles. The quantitative estimate of drug-likeness (QED) is 0.534. The molecule has 0 radical (unpaired) electrons. The van der Waals surface area contributed by atoms with Crippen LogP contribution in [-0.4, -0.2) is 0 Å². The summed E-state index contributed by atoms with van der Waals surface area (Å²) in [4.78, 5) is 0. The molecule has 4 N–H and O–H groups in total. The van der Waals surface area contributed by atoms with Crippen molar-refractivity contribution < 1.29 is 16.8 Å². The first-order valence-corrected chi connectivity index (χ1v) is 1.91. The first-order valence-electron chi connectivity index (χ1n) is 1.91. The second-order valence-electron chi connectivity index (χ2n) is 1.08. The van der Waals surface area contributed by atoms with Crippen LogP contribution in [-0.2, 0) is 16.8 Å². The van der Waals surface area contributed by atoms with E-state index in [-0.39, 0.29) is 29.1 Å². The fourth-order valence-electron chi connectivity index (χ4n) is 0.342. The van der Waals surface area contributed by atoms with Crippen LogP contribution in [0.15, 0.2) is 30.3 Å². The first kappa shape index (κ1) is 15.9. The van der Waals surface area contributed by atoms with Crippen molar-refractivity contribution in [2.24, 2.45) is 0 Å². The Kier molecular flexibility index (Phi) is 18.7. The van der Waals surface area contributed by atoms with Crippen LogP contribution in [0, 0.1) is 6.07 Å². The van der Waals surface area contributed by atoms with E-state index in [0.29, 0.717) is 0 Å². The van der Waals surface area contributed by atoms with Crippen molar-refractivity contribution >= 4 is 0 Å². The number of benzene rings is 1. The van der Waals surface area contributed by atoms with Gasteiger partial charge in [0.25, 0.3) is 0 Å². The van der Waals surface area contributed by atoms with Gasteiger partial charge >= 0.3 is 16.8 Å². The Morgan fingerprint density at radius 3 is 1.33 bits per heavy atom. The molecule has 1 aromatic carbocycles. The van der Waals surface area contributed by atoms with Crippen molar-refractivity contribution in [2.75, 3.05) is 0 Å². The molecule has 1 aromatic rings. The van der Waals surface area contributed by atoms with E-state index >= 15 is 0 Å². The summed E-state index contributed by atoms with van der Waals surface area (Å²) in [6, 6.07) is 12.5. The zero-order valence-electron chi connectivity index (χ0n) is 4.87. The normalized spacial score (nSPS) is 5.33. The van der Waals surface area contributed by atoms with E-state index in [4.69, 9.17) is 0 Å². The zero-order valence-corrected chi connectivity index (χ0v) is 5.92. The predicted octanol–water partition coefficient (Wildman–Crippen LogP) is 2.92. The summed E-state index contributed by atoms with van der Waals surface area (Å²) in [6.45, 7) is 0. The minimum Gasteiger partial charge on any atom is -0.693 e. The van der Waals surface area contributed by atoms with Crippen LogP contribution in [0.1, 0.15) is 0 Å². The molecule has 0 heterocycles. The third-order valence-electron chi connectivity index (χ3n) is 0.607. The van der Waals surface area contributed by atoms with Gasteiger partial charge in [-0.15, -0.1) is 0 Å². The Morgan fingerprint density at radius 1 is 0.778 bits per heavy atom. The van der Waals surface area contributed by atoms with Gasteiger partial charge in [0.2, 0.25) is 0 Å². The molecule has 0 saturated carbocycles. The minimum absolute atomic E-state index is 0. The van der Waals surface area contributed by atoms with Gasteiger partial charge in [-0.25, -0.2) is 0 Å². The fourth-order valence-corrected chi connectivity index (χ4v) is 0.342. The fraction of sp³-hybridized carbons (Fsp3) is 0. The van der Waals surface area contributed by atoms with E-state index in [2.05, 4.69) is 6.07 Å². The molecule has 0 aliphatic rings. The second kappa shape index (κ2) is 10.6. The van der Waals surface area contributed by atoms with Crippen LogP contribution in [0.25, 0.3) is 12.3 Å². The van der Waals surface area contributed by atoms with E-state index in [1.165, 1.54) is 0 Å². The maximum absolute atomic E-state index is 2.89. The van der Waals surface area contributed by atoms with E-state index in [9.17, 15) is 0 Å². The van der Waals surface area contributed by atoms with Crippen molar-refractivity contribution in [3.63, 3.8) is 0 Å². The molecule has 0 aliphatic heterocycles. The number of nitrogens with two attached hydrogens (primary N) is 2. The van der Waals surface area contributed by atoms with Gasteiger partial charge in [0.15, 0.2) is 0 Å². The van der Waals surface area contributed by atoms with Crippen LogP contribution in [0.5, 0.6) is 0 Å². The van der Waals surface area contributed by atoms with Crippen molar-refractivity contribution in [3.8, 4) is 0 Å². The van der Waals surface area contributed by atoms with Gasteiger partial charge in [-0.05, 0) is 0 Å². The second-order valence-corrected chi connectivity index (χ2v) is 1.08. The van der Waals surface area contributed by atoms with Gasteiger partial charge in [0.1, 0.15) is 0 Å². The van der Waals surface area contributed by atoms with Gasteiger partial charge in [0.05, 0.1) is 0 Å². The van der Waals surface area contributed by atoms with Gasteiger partial charge in [-0.1, -0.05) is 0 Å². The number of hydrogen-bond acceptors (Lipinski definition) is 0. The summed E-state index contributed by atoms with van der Waals surface area (Å²) >= 11 is 0. The van der Waals surface area contributed by atoms with Crippen LogP contribution in [0.2, 0.25) is 0 Å². The molecule has 9 heavy (non-hydrogen) atoms. The van der Waals surface area contributed by atoms with Crippen LogP contribution < -0.4 is 0 Å². The molecule has 0 atom stereocenters. The summed E-state index contributed by atoms with van der Waals surface area (Å²) < 4.78 is 0. The molecule has 0 bridgehead atoms. The largest absolute Gasteiger partial charge is 3.00 e. The summed E-state index contributed by atoms with van der Waals surface area (Å²) in [5.74, 6) is 0. The molecule has 2 nitrogen and oxygen atoms in total. The molecule has 52 valence electrons. The van der Waals surface area contributed by atoms with Gasteiger partial charge < -0.3 is 12.3 Å².